The minimum absolute atomic E-state index is 0.184. The zero-order valence-electron chi connectivity index (χ0n) is 12.1. The minimum Gasteiger partial charge on any atom is -0.481 e. The number of hydrogen-bond donors (Lipinski definition) is 1. The summed E-state index contributed by atoms with van der Waals surface area (Å²) < 4.78 is 0. The fraction of sp³-hybridized carbons (Fsp3) is 0.467. The van der Waals surface area contributed by atoms with Crippen molar-refractivity contribution in [2.24, 2.45) is 0 Å². The number of rotatable bonds is 3. The molecule has 0 spiro atoms. The Hall–Kier alpha value is -1.35. The molecule has 0 saturated carbocycles. The van der Waals surface area contributed by atoms with Gasteiger partial charge in [-0.3, -0.25) is 9.59 Å². The predicted octanol–water partition coefficient (Wildman–Crippen LogP) is 3.83. The average Bonchev–Trinajstić information content (AvgIpc) is 2.12. The van der Waals surface area contributed by atoms with Gasteiger partial charge in [-0.15, -0.1) is 0 Å². The Kier molecular flexibility index (Phi) is 6.77. The Morgan fingerprint density at radius 2 is 1.74 bits per heavy atom. The lowest BCUT2D eigenvalue weighted by molar-refractivity contribution is -0.134. The Balaban J connectivity index is 0.000000711. The molecule has 0 radical (unpaired) electrons. The molecule has 1 N–H and O–H groups in total. The van der Waals surface area contributed by atoms with Gasteiger partial charge in [0.2, 0.25) is 5.24 Å². The summed E-state index contributed by atoms with van der Waals surface area (Å²) in [5.74, 6) is -0.833. The van der Waals surface area contributed by atoms with Crippen molar-refractivity contribution in [2.75, 3.05) is 0 Å². The molecule has 3 nitrogen and oxygen atoms in total. The molecule has 4 heteroatoms. The van der Waals surface area contributed by atoms with Crippen molar-refractivity contribution in [1.82, 2.24) is 0 Å². The number of hydrogen-bond acceptors (Lipinski definition) is 2. The van der Waals surface area contributed by atoms with Gasteiger partial charge in [0, 0.05) is 13.3 Å². The monoisotopic (exact) mass is 284 g/mol. The van der Waals surface area contributed by atoms with E-state index in [2.05, 4.69) is 32.0 Å². The first-order valence-electron chi connectivity index (χ1n) is 6.02. The summed E-state index contributed by atoms with van der Waals surface area (Å²) in [4.78, 5) is 20.0. The molecule has 19 heavy (non-hydrogen) atoms. The lowest BCUT2D eigenvalue weighted by atomic mass is 9.79. The highest BCUT2D eigenvalue weighted by atomic mass is 35.5. The highest BCUT2D eigenvalue weighted by Gasteiger charge is 2.24. The number of benzene rings is 1. The Bertz CT molecular complexity index is 460. The summed E-state index contributed by atoms with van der Waals surface area (Å²) in [5, 5.41) is 7.14. The van der Waals surface area contributed by atoms with E-state index in [1.54, 1.807) is 0 Å². The van der Waals surface area contributed by atoms with Crippen LogP contribution in [0.1, 0.15) is 43.9 Å². The van der Waals surface area contributed by atoms with Crippen LogP contribution in [0.5, 0.6) is 0 Å². The molecule has 0 aliphatic rings. The molecule has 0 fully saturated rings. The van der Waals surface area contributed by atoms with Crippen molar-refractivity contribution < 1.29 is 14.7 Å². The smallest absolute Gasteiger partial charge is 0.300 e. The Morgan fingerprint density at radius 3 is 2.11 bits per heavy atom. The van der Waals surface area contributed by atoms with Crippen LogP contribution in [0.2, 0.25) is 0 Å². The van der Waals surface area contributed by atoms with E-state index < -0.39 is 5.97 Å². The standard InChI is InChI=1S/C13H17ClO.C2H4O2/c1-9-5-6-11(10(2)7-9)13(3,4)8-12(14)15;1-2(3)4/h5-7H,8H2,1-4H3;1H3,(H,3,4). The van der Waals surface area contributed by atoms with E-state index in [0.717, 1.165) is 6.92 Å². The molecule has 0 bridgehead atoms. The molecule has 0 saturated heterocycles. The van der Waals surface area contributed by atoms with Gasteiger partial charge in [0.1, 0.15) is 0 Å². The summed E-state index contributed by atoms with van der Waals surface area (Å²) in [6, 6.07) is 6.29. The van der Waals surface area contributed by atoms with Crippen molar-refractivity contribution in [2.45, 2.75) is 46.5 Å². The van der Waals surface area contributed by atoms with Crippen molar-refractivity contribution in [3.8, 4) is 0 Å². The van der Waals surface area contributed by atoms with Crippen molar-refractivity contribution >= 4 is 22.8 Å². The van der Waals surface area contributed by atoms with Crippen LogP contribution in [0.15, 0.2) is 18.2 Å². The predicted molar refractivity (Wildman–Crippen MR) is 77.7 cm³/mol. The second-order valence-electron chi connectivity index (χ2n) is 5.25. The second-order valence-corrected chi connectivity index (χ2v) is 5.67. The molecule has 0 atom stereocenters. The maximum atomic E-state index is 11.0. The SMILES string of the molecule is CC(=O)O.Cc1ccc(C(C)(C)CC(=O)Cl)c(C)c1. The van der Waals surface area contributed by atoms with Gasteiger partial charge in [-0.2, -0.15) is 0 Å². The van der Waals surface area contributed by atoms with Gasteiger partial charge in [-0.1, -0.05) is 37.6 Å². The van der Waals surface area contributed by atoms with Gasteiger partial charge < -0.3 is 5.11 Å². The minimum atomic E-state index is -0.833. The number of aliphatic carboxylic acids is 1. The molecule has 1 aromatic carbocycles. The second kappa shape index (κ2) is 7.29. The van der Waals surface area contributed by atoms with Crippen LogP contribution in [0.3, 0.4) is 0 Å². The average molecular weight is 285 g/mol. The van der Waals surface area contributed by atoms with E-state index in [-0.39, 0.29) is 10.7 Å². The lowest BCUT2D eigenvalue weighted by Crippen LogP contribution is -2.21. The summed E-state index contributed by atoms with van der Waals surface area (Å²) in [6.45, 7) is 9.31. The number of carbonyl (C=O) groups is 2. The van der Waals surface area contributed by atoms with E-state index in [4.69, 9.17) is 21.5 Å². The van der Waals surface area contributed by atoms with E-state index in [1.165, 1.54) is 16.7 Å². The first kappa shape index (κ1) is 17.6. The zero-order chi connectivity index (χ0) is 15.2. The maximum absolute atomic E-state index is 11.0. The molecule has 0 unspecified atom stereocenters. The molecule has 0 aromatic heterocycles. The van der Waals surface area contributed by atoms with E-state index in [9.17, 15) is 4.79 Å². The number of halogens is 1. The van der Waals surface area contributed by atoms with Gasteiger partial charge in [-0.25, -0.2) is 0 Å². The first-order valence-corrected chi connectivity index (χ1v) is 6.39. The van der Waals surface area contributed by atoms with Gasteiger partial charge in [0.05, 0.1) is 0 Å². The summed E-state index contributed by atoms with van der Waals surface area (Å²) >= 11 is 5.46. The molecular weight excluding hydrogens is 264 g/mol. The quantitative estimate of drug-likeness (QED) is 0.858. The van der Waals surface area contributed by atoms with Crippen LogP contribution < -0.4 is 0 Å². The van der Waals surface area contributed by atoms with Crippen LogP contribution in [-0.2, 0) is 15.0 Å². The molecule has 1 aromatic rings. The third kappa shape index (κ3) is 6.97. The van der Waals surface area contributed by atoms with Crippen LogP contribution >= 0.6 is 11.6 Å². The Morgan fingerprint density at radius 1 is 1.26 bits per heavy atom. The third-order valence-electron chi connectivity index (χ3n) is 2.69. The summed E-state index contributed by atoms with van der Waals surface area (Å²) in [6.07, 6.45) is 0.373. The maximum Gasteiger partial charge on any atom is 0.300 e. The van der Waals surface area contributed by atoms with Gasteiger partial charge >= 0.3 is 0 Å². The normalized spacial score (nSPS) is 10.4. The molecule has 0 aliphatic heterocycles. The summed E-state index contributed by atoms with van der Waals surface area (Å²) in [7, 11) is 0. The van der Waals surface area contributed by atoms with E-state index in [1.807, 2.05) is 13.8 Å². The molecular formula is C15H21ClO3. The number of carboxylic acid groups (broad SMARTS) is 1. The number of carboxylic acids is 1. The van der Waals surface area contributed by atoms with Gasteiger partial charge in [0.25, 0.3) is 5.97 Å². The lowest BCUT2D eigenvalue weighted by Gasteiger charge is -2.25. The fourth-order valence-electron chi connectivity index (χ4n) is 2.02. The summed E-state index contributed by atoms with van der Waals surface area (Å²) in [5.41, 5.74) is 3.47. The highest BCUT2D eigenvalue weighted by molar-refractivity contribution is 6.63. The van der Waals surface area contributed by atoms with Crippen molar-refractivity contribution in [3.63, 3.8) is 0 Å². The van der Waals surface area contributed by atoms with Crippen LogP contribution in [0, 0.1) is 13.8 Å². The fourth-order valence-corrected chi connectivity index (χ4v) is 2.35. The molecule has 0 aliphatic carbocycles. The van der Waals surface area contributed by atoms with Gasteiger partial charge in [0.15, 0.2) is 0 Å². The molecule has 106 valence electrons. The zero-order valence-corrected chi connectivity index (χ0v) is 12.8. The van der Waals surface area contributed by atoms with E-state index >= 15 is 0 Å². The van der Waals surface area contributed by atoms with Crippen LogP contribution in [-0.4, -0.2) is 16.3 Å². The first-order chi connectivity index (χ1) is 8.56. The van der Waals surface area contributed by atoms with Crippen molar-refractivity contribution in [1.29, 1.82) is 0 Å². The molecule has 0 amide bonds. The van der Waals surface area contributed by atoms with Crippen LogP contribution in [0.4, 0.5) is 0 Å². The van der Waals surface area contributed by atoms with Gasteiger partial charge in [-0.05, 0) is 42.0 Å². The van der Waals surface area contributed by atoms with E-state index in [0.29, 0.717) is 6.42 Å². The molecule has 1 rings (SSSR count). The third-order valence-corrected chi connectivity index (χ3v) is 2.83. The largest absolute Gasteiger partial charge is 0.481 e. The Labute approximate surface area is 119 Å². The number of aryl methyl sites for hydroxylation is 2. The number of carbonyl (C=O) groups excluding carboxylic acids is 1. The highest BCUT2D eigenvalue weighted by Crippen LogP contribution is 2.30. The topological polar surface area (TPSA) is 54.4 Å². The van der Waals surface area contributed by atoms with Crippen LogP contribution in [0.25, 0.3) is 0 Å². The van der Waals surface area contributed by atoms with Crippen molar-refractivity contribution in [3.05, 3.63) is 34.9 Å². The molecule has 0 heterocycles.